The number of halogens is 1. The zero-order valence-electron chi connectivity index (χ0n) is 23.7. The molecule has 2 aromatic carbocycles. The number of thioether (sulfide) groups is 1. The number of nitrogens with zero attached hydrogens (tertiary/aromatic N) is 3. The van der Waals surface area contributed by atoms with Gasteiger partial charge in [0.15, 0.2) is 0 Å². The van der Waals surface area contributed by atoms with Crippen molar-refractivity contribution in [2.45, 2.75) is 55.8 Å². The summed E-state index contributed by atoms with van der Waals surface area (Å²) in [6.07, 6.45) is 7.09. The standard InChI is InChI=1S/C30H32FN5O5S2/c1-4-20(2)17-30(3)27(37)26(29(39)42-30)7-5-6-16-36-19-24(33-35-36)18-32-28(38)21-8-12-23(13-9-21)34-43(40,41)25-14-10-22(31)11-15-25/h4,8-15,17,19,34,37H,1,5-7,16,18H2,2-3H3,(H,32,38)/b20-17+/t30-/m1/s1. The molecule has 2 heterocycles. The Kier molecular flexibility index (Phi) is 9.87. The molecule has 4 rings (SSSR count). The minimum Gasteiger partial charge on any atom is -0.510 e. The number of benzene rings is 2. The molecular formula is C30H32FN5O5S2. The van der Waals surface area contributed by atoms with Gasteiger partial charge in [-0.2, -0.15) is 0 Å². The molecule has 1 atom stereocenters. The van der Waals surface area contributed by atoms with Crippen LogP contribution in [-0.4, -0.2) is 44.3 Å². The molecule has 0 bridgehead atoms. The fourth-order valence-electron chi connectivity index (χ4n) is 4.41. The van der Waals surface area contributed by atoms with Crippen molar-refractivity contribution in [3.8, 4) is 0 Å². The van der Waals surface area contributed by atoms with E-state index in [-0.39, 0.29) is 33.9 Å². The Labute approximate surface area is 253 Å². The molecule has 0 fully saturated rings. The average Bonchev–Trinajstić information content (AvgIpc) is 3.51. The summed E-state index contributed by atoms with van der Waals surface area (Å²) >= 11 is 1.11. The van der Waals surface area contributed by atoms with Gasteiger partial charge in [0.25, 0.3) is 15.9 Å². The number of aromatic nitrogens is 3. The summed E-state index contributed by atoms with van der Waals surface area (Å²) in [6.45, 7) is 8.11. The highest BCUT2D eigenvalue weighted by molar-refractivity contribution is 8.16. The van der Waals surface area contributed by atoms with E-state index in [0.29, 0.717) is 42.6 Å². The number of unbranched alkanes of at least 4 members (excludes halogenated alkanes) is 1. The van der Waals surface area contributed by atoms with E-state index in [0.717, 1.165) is 41.6 Å². The van der Waals surface area contributed by atoms with Gasteiger partial charge in [-0.1, -0.05) is 41.3 Å². The highest BCUT2D eigenvalue weighted by atomic mass is 32.2. The van der Waals surface area contributed by atoms with E-state index >= 15 is 0 Å². The molecule has 13 heteroatoms. The fourth-order valence-corrected chi connectivity index (χ4v) is 6.64. The van der Waals surface area contributed by atoms with Crippen LogP contribution < -0.4 is 10.0 Å². The molecule has 226 valence electrons. The first-order chi connectivity index (χ1) is 20.4. The van der Waals surface area contributed by atoms with Crippen LogP contribution in [-0.2, 0) is 27.9 Å². The number of rotatable bonds is 13. The van der Waals surface area contributed by atoms with Crippen molar-refractivity contribution in [3.05, 3.63) is 107 Å². The van der Waals surface area contributed by atoms with E-state index in [1.807, 2.05) is 19.9 Å². The molecule has 10 nitrogen and oxygen atoms in total. The third kappa shape index (κ3) is 7.99. The number of amides is 1. The number of sulfonamides is 1. The van der Waals surface area contributed by atoms with E-state index in [2.05, 4.69) is 26.9 Å². The minimum absolute atomic E-state index is 0.0846. The number of aliphatic hydroxyl groups is 1. The van der Waals surface area contributed by atoms with Crippen LogP contribution in [0.3, 0.4) is 0 Å². The number of hydrogen-bond acceptors (Lipinski definition) is 8. The van der Waals surface area contributed by atoms with Crippen LogP contribution in [0.25, 0.3) is 0 Å². The van der Waals surface area contributed by atoms with Crippen molar-refractivity contribution in [3.63, 3.8) is 0 Å². The molecule has 0 saturated carbocycles. The van der Waals surface area contributed by atoms with E-state index in [1.54, 1.807) is 17.0 Å². The Morgan fingerprint density at radius 1 is 1.16 bits per heavy atom. The molecule has 43 heavy (non-hydrogen) atoms. The Hall–Kier alpha value is -4.23. The van der Waals surface area contributed by atoms with Crippen LogP contribution in [0.5, 0.6) is 0 Å². The van der Waals surface area contributed by atoms with Crippen molar-refractivity contribution in [1.82, 2.24) is 20.3 Å². The van der Waals surface area contributed by atoms with Crippen molar-refractivity contribution in [2.24, 2.45) is 0 Å². The van der Waals surface area contributed by atoms with E-state index in [1.165, 1.54) is 24.3 Å². The van der Waals surface area contributed by atoms with Gasteiger partial charge in [-0.25, -0.2) is 12.8 Å². The third-order valence-corrected chi connectivity index (χ3v) is 9.30. The third-order valence-electron chi connectivity index (χ3n) is 6.74. The summed E-state index contributed by atoms with van der Waals surface area (Å²) in [6, 6.07) is 10.3. The van der Waals surface area contributed by atoms with Crippen LogP contribution >= 0.6 is 11.8 Å². The lowest BCUT2D eigenvalue weighted by Gasteiger charge is -2.18. The van der Waals surface area contributed by atoms with Crippen LogP contribution in [0, 0.1) is 5.82 Å². The van der Waals surface area contributed by atoms with Crippen molar-refractivity contribution < 1.29 is 27.5 Å². The van der Waals surface area contributed by atoms with Crippen LogP contribution in [0.15, 0.2) is 95.3 Å². The quantitative estimate of drug-likeness (QED) is 0.172. The Morgan fingerprint density at radius 3 is 2.53 bits per heavy atom. The summed E-state index contributed by atoms with van der Waals surface area (Å²) in [7, 11) is -3.90. The largest absolute Gasteiger partial charge is 0.510 e. The highest BCUT2D eigenvalue weighted by Gasteiger charge is 2.41. The number of anilines is 1. The maximum Gasteiger partial charge on any atom is 0.261 e. The average molecular weight is 626 g/mol. The molecule has 0 aliphatic carbocycles. The number of allylic oxidation sites excluding steroid dienone is 2. The smallest absolute Gasteiger partial charge is 0.261 e. The minimum atomic E-state index is -3.90. The number of nitrogens with one attached hydrogen (secondary N) is 2. The molecule has 1 aromatic heterocycles. The summed E-state index contributed by atoms with van der Waals surface area (Å²) in [4.78, 5) is 25.0. The van der Waals surface area contributed by atoms with Gasteiger partial charge in [0.2, 0.25) is 5.12 Å². The Balaban J connectivity index is 1.23. The second kappa shape index (κ2) is 13.4. The SMILES string of the molecule is C=C/C(C)=C/[C@@]1(C)SC(=O)C(CCCCn2cc(CNC(=O)c3ccc(NS(=O)(=O)c4ccc(F)cc4)cc3)nn2)=C1O. The first-order valence-corrected chi connectivity index (χ1v) is 15.7. The maximum absolute atomic E-state index is 13.1. The molecule has 0 unspecified atom stereocenters. The highest BCUT2D eigenvalue weighted by Crippen LogP contribution is 2.45. The van der Waals surface area contributed by atoms with Gasteiger partial charge in [0.05, 0.1) is 22.4 Å². The lowest BCUT2D eigenvalue weighted by atomic mass is 9.99. The second-order valence-electron chi connectivity index (χ2n) is 10.2. The molecule has 0 saturated heterocycles. The molecule has 1 aliphatic heterocycles. The predicted molar refractivity (Wildman–Crippen MR) is 163 cm³/mol. The number of hydrogen-bond donors (Lipinski definition) is 3. The monoisotopic (exact) mass is 625 g/mol. The van der Waals surface area contributed by atoms with Crippen LogP contribution in [0.4, 0.5) is 10.1 Å². The Morgan fingerprint density at radius 2 is 1.86 bits per heavy atom. The van der Waals surface area contributed by atoms with Gasteiger partial charge in [-0.3, -0.25) is 19.0 Å². The molecular weight excluding hydrogens is 593 g/mol. The number of aliphatic hydroxyl groups excluding tert-OH is 1. The van der Waals surface area contributed by atoms with Crippen molar-refractivity contribution in [2.75, 3.05) is 4.72 Å². The van der Waals surface area contributed by atoms with Crippen LogP contribution in [0.1, 0.15) is 49.2 Å². The van der Waals surface area contributed by atoms with E-state index in [4.69, 9.17) is 0 Å². The summed E-state index contributed by atoms with van der Waals surface area (Å²) in [5.41, 5.74) is 2.46. The van der Waals surface area contributed by atoms with Gasteiger partial charge in [-0.05, 0) is 81.6 Å². The molecule has 0 spiro atoms. The summed E-state index contributed by atoms with van der Waals surface area (Å²) in [5.74, 6) is -0.816. The molecule has 0 radical (unpaired) electrons. The lowest BCUT2D eigenvalue weighted by molar-refractivity contribution is -0.108. The van der Waals surface area contributed by atoms with Gasteiger partial charge < -0.3 is 10.4 Å². The normalized spacial score (nSPS) is 17.3. The number of carbonyl (C=O) groups excluding carboxylic acids is 2. The Bertz CT molecular complexity index is 1680. The van der Waals surface area contributed by atoms with E-state index in [9.17, 15) is 27.5 Å². The number of carbonyl (C=O) groups is 2. The fraction of sp³-hybridized carbons (Fsp3) is 0.267. The maximum atomic E-state index is 13.1. The molecule has 3 N–H and O–H groups in total. The van der Waals surface area contributed by atoms with Gasteiger partial charge in [-0.15, -0.1) is 5.10 Å². The molecule has 1 aliphatic rings. The predicted octanol–water partition coefficient (Wildman–Crippen LogP) is 5.29. The van der Waals surface area contributed by atoms with Gasteiger partial charge in [0.1, 0.15) is 17.3 Å². The summed E-state index contributed by atoms with van der Waals surface area (Å²) < 4.78 is 41.3. The van der Waals surface area contributed by atoms with E-state index < -0.39 is 20.6 Å². The topological polar surface area (TPSA) is 143 Å². The zero-order chi connectivity index (χ0) is 31.2. The zero-order valence-corrected chi connectivity index (χ0v) is 25.3. The lowest BCUT2D eigenvalue weighted by Crippen LogP contribution is -2.23. The van der Waals surface area contributed by atoms with Crippen LogP contribution in [0.2, 0.25) is 0 Å². The first-order valence-electron chi connectivity index (χ1n) is 13.4. The van der Waals surface area contributed by atoms with Gasteiger partial charge >= 0.3 is 0 Å². The first kappa shape index (κ1) is 31.7. The second-order valence-corrected chi connectivity index (χ2v) is 13.3. The summed E-state index contributed by atoms with van der Waals surface area (Å²) in [5, 5.41) is 21.5. The van der Waals surface area contributed by atoms with Gasteiger partial charge in [0, 0.05) is 23.4 Å². The van der Waals surface area contributed by atoms with Crippen molar-refractivity contribution in [1.29, 1.82) is 0 Å². The molecule has 1 amide bonds. The number of aryl methyl sites for hydroxylation is 1. The van der Waals surface area contributed by atoms with Crippen molar-refractivity contribution >= 4 is 38.5 Å². The molecule has 3 aromatic rings.